The van der Waals surface area contributed by atoms with Crippen molar-refractivity contribution >= 4 is 17.3 Å². The lowest BCUT2D eigenvalue weighted by atomic mass is 10.2. The Balaban J connectivity index is 2.82. The highest BCUT2D eigenvalue weighted by atomic mass is 35.5. The zero-order valence-corrected chi connectivity index (χ0v) is 9.16. The van der Waals surface area contributed by atoms with E-state index in [4.69, 9.17) is 16.3 Å². The molecule has 0 atom stereocenters. The van der Waals surface area contributed by atoms with Crippen LogP contribution in [0.4, 0.5) is 5.69 Å². The average molecular weight is 230 g/mol. The lowest BCUT2D eigenvalue weighted by Gasteiger charge is -2.06. The van der Waals surface area contributed by atoms with Crippen molar-refractivity contribution in [2.75, 3.05) is 12.5 Å². The third-order valence-electron chi connectivity index (χ3n) is 1.85. The second kappa shape index (κ2) is 5.56. The SMILES string of the molecule is Cc1ccc([N+](=O)[O-])c(OCCCCl)c1. The fraction of sp³-hybridized carbons (Fsp3) is 0.400. The van der Waals surface area contributed by atoms with Crippen LogP contribution in [0.2, 0.25) is 0 Å². The van der Waals surface area contributed by atoms with Crippen LogP contribution in [-0.2, 0) is 0 Å². The average Bonchev–Trinajstić information content (AvgIpc) is 2.18. The van der Waals surface area contributed by atoms with Crippen LogP contribution in [0, 0.1) is 17.0 Å². The van der Waals surface area contributed by atoms with Crippen LogP contribution in [0.1, 0.15) is 12.0 Å². The van der Waals surface area contributed by atoms with Crippen LogP contribution in [0.15, 0.2) is 18.2 Å². The molecule has 0 aliphatic heterocycles. The number of aryl methyl sites for hydroxylation is 1. The molecular formula is C10H12ClNO3. The van der Waals surface area contributed by atoms with Gasteiger partial charge in [-0.1, -0.05) is 6.07 Å². The Morgan fingerprint density at radius 1 is 1.53 bits per heavy atom. The summed E-state index contributed by atoms with van der Waals surface area (Å²) in [5.74, 6) is 0.796. The standard InChI is InChI=1S/C10H12ClNO3/c1-8-3-4-9(12(13)14)10(7-8)15-6-2-5-11/h3-4,7H,2,5-6H2,1H3. The summed E-state index contributed by atoms with van der Waals surface area (Å²) in [6.07, 6.45) is 0.673. The van der Waals surface area contributed by atoms with Crippen LogP contribution in [0.5, 0.6) is 5.75 Å². The van der Waals surface area contributed by atoms with Gasteiger partial charge in [-0.05, 0) is 25.0 Å². The van der Waals surface area contributed by atoms with Crippen molar-refractivity contribution in [1.29, 1.82) is 0 Å². The molecule has 0 aliphatic carbocycles. The molecule has 0 unspecified atom stereocenters. The van der Waals surface area contributed by atoms with Gasteiger partial charge < -0.3 is 4.74 Å². The van der Waals surface area contributed by atoms with Gasteiger partial charge in [0.1, 0.15) is 0 Å². The minimum atomic E-state index is -0.449. The zero-order chi connectivity index (χ0) is 11.3. The van der Waals surface area contributed by atoms with Crippen LogP contribution >= 0.6 is 11.6 Å². The number of benzene rings is 1. The van der Waals surface area contributed by atoms with Crippen molar-refractivity contribution < 1.29 is 9.66 Å². The molecule has 0 amide bonds. The summed E-state index contributed by atoms with van der Waals surface area (Å²) >= 11 is 5.49. The molecule has 0 saturated carbocycles. The number of nitro groups is 1. The van der Waals surface area contributed by atoms with E-state index in [0.717, 1.165) is 5.56 Å². The molecule has 4 nitrogen and oxygen atoms in total. The maximum absolute atomic E-state index is 10.7. The van der Waals surface area contributed by atoms with Gasteiger partial charge in [-0.25, -0.2) is 0 Å². The number of hydrogen-bond donors (Lipinski definition) is 0. The smallest absolute Gasteiger partial charge is 0.310 e. The molecule has 0 saturated heterocycles. The Morgan fingerprint density at radius 3 is 2.87 bits per heavy atom. The Hall–Kier alpha value is -1.29. The Morgan fingerprint density at radius 2 is 2.27 bits per heavy atom. The molecule has 0 radical (unpaired) electrons. The minimum absolute atomic E-state index is 0.00447. The largest absolute Gasteiger partial charge is 0.487 e. The lowest BCUT2D eigenvalue weighted by molar-refractivity contribution is -0.385. The van der Waals surface area contributed by atoms with Crippen molar-refractivity contribution in [3.8, 4) is 5.75 Å². The van der Waals surface area contributed by atoms with E-state index in [1.165, 1.54) is 6.07 Å². The zero-order valence-electron chi connectivity index (χ0n) is 8.40. The van der Waals surface area contributed by atoms with E-state index in [0.29, 0.717) is 24.7 Å². The van der Waals surface area contributed by atoms with E-state index in [9.17, 15) is 10.1 Å². The van der Waals surface area contributed by atoms with Crippen molar-refractivity contribution in [1.82, 2.24) is 0 Å². The molecule has 0 heterocycles. The normalized spacial score (nSPS) is 10.0. The lowest BCUT2D eigenvalue weighted by Crippen LogP contribution is -2.01. The van der Waals surface area contributed by atoms with Gasteiger partial charge >= 0.3 is 5.69 Å². The summed E-state index contributed by atoms with van der Waals surface area (Å²) in [7, 11) is 0. The Bertz CT molecular complexity index is 355. The first kappa shape index (κ1) is 11.8. The number of nitro benzene ring substituents is 1. The number of hydrogen-bond acceptors (Lipinski definition) is 3. The number of nitrogens with zero attached hydrogens (tertiary/aromatic N) is 1. The predicted molar refractivity (Wildman–Crippen MR) is 58.7 cm³/mol. The molecule has 0 aromatic heterocycles. The van der Waals surface area contributed by atoms with Gasteiger partial charge in [-0.2, -0.15) is 0 Å². The Kier molecular flexibility index (Phi) is 4.37. The Labute approximate surface area is 93.0 Å². The summed E-state index contributed by atoms with van der Waals surface area (Å²) in [6.45, 7) is 2.26. The third kappa shape index (κ3) is 3.40. The highest BCUT2D eigenvalue weighted by molar-refractivity contribution is 6.17. The van der Waals surface area contributed by atoms with Crippen LogP contribution in [-0.4, -0.2) is 17.4 Å². The minimum Gasteiger partial charge on any atom is -0.487 e. The van der Waals surface area contributed by atoms with E-state index in [-0.39, 0.29) is 5.69 Å². The van der Waals surface area contributed by atoms with Crippen molar-refractivity contribution in [3.63, 3.8) is 0 Å². The first-order valence-corrected chi connectivity index (χ1v) is 5.12. The van der Waals surface area contributed by atoms with Crippen molar-refractivity contribution in [3.05, 3.63) is 33.9 Å². The number of alkyl halides is 1. The van der Waals surface area contributed by atoms with Gasteiger partial charge in [-0.15, -0.1) is 11.6 Å². The second-order valence-corrected chi connectivity index (χ2v) is 3.50. The number of halogens is 1. The molecule has 1 aromatic carbocycles. The molecule has 0 spiro atoms. The number of ether oxygens (including phenoxy) is 1. The van der Waals surface area contributed by atoms with Gasteiger partial charge in [0.15, 0.2) is 5.75 Å². The molecule has 0 N–H and O–H groups in total. The first-order valence-electron chi connectivity index (χ1n) is 4.59. The highest BCUT2D eigenvalue weighted by Crippen LogP contribution is 2.27. The van der Waals surface area contributed by atoms with Gasteiger partial charge in [0.2, 0.25) is 0 Å². The first-order chi connectivity index (χ1) is 7.15. The summed E-state index contributed by atoms with van der Waals surface area (Å²) in [4.78, 5) is 10.2. The van der Waals surface area contributed by atoms with Gasteiger partial charge in [0.05, 0.1) is 11.5 Å². The monoisotopic (exact) mass is 229 g/mol. The highest BCUT2D eigenvalue weighted by Gasteiger charge is 2.14. The summed E-state index contributed by atoms with van der Waals surface area (Å²) in [6, 6.07) is 4.80. The van der Waals surface area contributed by atoms with E-state index in [1.54, 1.807) is 12.1 Å². The van der Waals surface area contributed by atoms with Gasteiger partial charge in [0, 0.05) is 11.9 Å². The van der Waals surface area contributed by atoms with E-state index < -0.39 is 4.92 Å². The van der Waals surface area contributed by atoms with Gasteiger partial charge in [-0.3, -0.25) is 10.1 Å². The van der Waals surface area contributed by atoms with E-state index >= 15 is 0 Å². The summed E-state index contributed by atoms with van der Waals surface area (Å²) in [5, 5.41) is 10.7. The van der Waals surface area contributed by atoms with Gasteiger partial charge in [0.25, 0.3) is 0 Å². The summed E-state index contributed by atoms with van der Waals surface area (Å²) in [5.41, 5.74) is 0.927. The van der Waals surface area contributed by atoms with Crippen LogP contribution in [0.3, 0.4) is 0 Å². The molecule has 0 bridgehead atoms. The molecule has 15 heavy (non-hydrogen) atoms. The molecule has 1 aromatic rings. The maximum atomic E-state index is 10.7. The molecule has 0 aliphatic rings. The molecule has 5 heteroatoms. The third-order valence-corrected chi connectivity index (χ3v) is 2.11. The predicted octanol–water partition coefficient (Wildman–Crippen LogP) is 2.91. The van der Waals surface area contributed by atoms with Crippen LogP contribution < -0.4 is 4.74 Å². The molecule has 1 rings (SSSR count). The maximum Gasteiger partial charge on any atom is 0.310 e. The quantitative estimate of drug-likeness (QED) is 0.338. The van der Waals surface area contributed by atoms with E-state index in [2.05, 4.69) is 0 Å². The van der Waals surface area contributed by atoms with Crippen molar-refractivity contribution in [2.24, 2.45) is 0 Å². The summed E-state index contributed by atoms with van der Waals surface area (Å²) < 4.78 is 5.29. The van der Waals surface area contributed by atoms with Crippen LogP contribution in [0.25, 0.3) is 0 Å². The molecular weight excluding hydrogens is 218 g/mol. The molecule has 0 fully saturated rings. The van der Waals surface area contributed by atoms with Crippen molar-refractivity contribution in [2.45, 2.75) is 13.3 Å². The van der Waals surface area contributed by atoms with E-state index in [1.807, 2.05) is 6.92 Å². The number of rotatable bonds is 5. The topological polar surface area (TPSA) is 52.4 Å². The molecule has 82 valence electrons. The fourth-order valence-corrected chi connectivity index (χ4v) is 1.23. The fourth-order valence-electron chi connectivity index (χ4n) is 1.12. The second-order valence-electron chi connectivity index (χ2n) is 3.12.